The summed E-state index contributed by atoms with van der Waals surface area (Å²) in [7, 11) is 0. The summed E-state index contributed by atoms with van der Waals surface area (Å²) in [6.45, 7) is 4.72. The maximum absolute atomic E-state index is 5.41. The van der Waals surface area contributed by atoms with Gasteiger partial charge in [-0.25, -0.2) is 0 Å². The molecular weight excluding hydrogens is 160 g/mol. The lowest BCUT2D eigenvalue weighted by Crippen LogP contribution is -2.11. The van der Waals surface area contributed by atoms with Gasteiger partial charge in [-0.1, -0.05) is 13.3 Å². The third kappa shape index (κ3) is 3.99. The van der Waals surface area contributed by atoms with E-state index in [-0.39, 0.29) is 0 Å². The van der Waals surface area contributed by atoms with Crippen LogP contribution in [0.5, 0.6) is 0 Å². The Balaban J connectivity index is 1.86. The first-order valence-corrected chi connectivity index (χ1v) is 5.29. The van der Waals surface area contributed by atoms with Gasteiger partial charge in [-0.05, 0) is 6.42 Å². The molecule has 1 aliphatic heterocycles. The van der Waals surface area contributed by atoms with Crippen LogP contribution in [-0.4, -0.2) is 31.0 Å². The Morgan fingerprint density at radius 1 is 1.64 bits per heavy atom. The molecular formula is C8H16O2S. The molecule has 0 aromatic carbocycles. The van der Waals surface area contributed by atoms with Gasteiger partial charge in [0.1, 0.15) is 5.44 Å². The molecule has 1 saturated heterocycles. The number of rotatable bonds is 5. The highest BCUT2D eigenvalue weighted by Gasteiger charge is 2.15. The lowest BCUT2D eigenvalue weighted by atomic mass is 10.4. The van der Waals surface area contributed by atoms with Crippen molar-refractivity contribution in [2.75, 3.05) is 25.6 Å². The minimum absolute atomic E-state index is 0.312. The van der Waals surface area contributed by atoms with Crippen LogP contribution in [0.2, 0.25) is 0 Å². The minimum atomic E-state index is 0.312. The number of thioether (sulfide) groups is 1. The summed E-state index contributed by atoms with van der Waals surface area (Å²) in [6, 6.07) is 0. The molecule has 1 atom stereocenters. The molecule has 0 aromatic heterocycles. The molecule has 1 aliphatic rings. The van der Waals surface area contributed by atoms with Crippen LogP contribution in [-0.2, 0) is 9.47 Å². The number of hydrogen-bond acceptors (Lipinski definition) is 3. The van der Waals surface area contributed by atoms with Crippen LogP contribution in [0.1, 0.15) is 19.8 Å². The Morgan fingerprint density at radius 3 is 3.18 bits per heavy atom. The van der Waals surface area contributed by atoms with E-state index in [9.17, 15) is 0 Å². The molecule has 66 valence electrons. The maximum Gasteiger partial charge on any atom is 0.126 e. The van der Waals surface area contributed by atoms with Crippen molar-refractivity contribution in [1.82, 2.24) is 0 Å². The fraction of sp³-hybridized carbons (Fsp3) is 1.00. The molecule has 1 rings (SSSR count). The fourth-order valence-corrected chi connectivity index (χ4v) is 1.77. The zero-order valence-corrected chi connectivity index (χ0v) is 7.86. The van der Waals surface area contributed by atoms with E-state index < -0.39 is 0 Å². The monoisotopic (exact) mass is 176 g/mol. The van der Waals surface area contributed by atoms with Gasteiger partial charge in [0, 0.05) is 12.4 Å². The number of unbranched alkanes of at least 4 members (excludes halogenated alkanes) is 1. The Hall–Kier alpha value is 0.270. The minimum Gasteiger partial charge on any atom is -0.378 e. The molecule has 0 bridgehead atoms. The largest absolute Gasteiger partial charge is 0.378 e. The van der Waals surface area contributed by atoms with Crippen molar-refractivity contribution in [3.63, 3.8) is 0 Å². The average molecular weight is 176 g/mol. The average Bonchev–Trinajstić information content (AvgIpc) is 2.50. The predicted molar refractivity (Wildman–Crippen MR) is 47.9 cm³/mol. The first-order chi connectivity index (χ1) is 5.43. The quantitative estimate of drug-likeness (QED) is 0.596. The summed E-state index contributed by atoms with van der Waals surface area (Å²) in [4.78, 5) is 0. The maximum atomic E-state index is 5.41. The van der Waals surface area contributed by atoms with E-state index in [2.05, 4.69) is 6.92 Å². The molecule has 0 unspecified atom stereocenters. The zero-order valence-electron chi connectivity index (χ0n) is 7.04. The number of hydrogen-bond donors (Lipinski definition) is 0. The molecule has 0 N–H and O–H groups in total. The van der Waals surface area contributed by atoms with Crippen LogP contribution in [0.4, 0.5) is 0 Å². The Morgan fingerprint density at radius 2 is 2.55 bits per heavy atom. The highest BCUT2D eigenvalue weighted by Crippen LogP contribution is 2.19. The van der Waals surface area contributed by atoms with Gasteiger partial charge >= 0.3 is 0 Å². The van der Waals surface area contributed by atoms with Crippen LogP contribution in [0.25, 0.3) is 0 Å². The van der Waals surface area contributed by atoms with Crippen molar-refractivity contribution in [2.45, 2.75) is 25.2 Å². The van der Waals surface area contributed by atoms with Crippen LogP contribution in [0, 0.1) is 0 Å². The van der Waals surface area contributed by atoms with Gasteiger partial charge in [-0.2, -0.15) is 0 Å². The molecule has 0 amide bonds. The molecule has 1 fully saturated rings. The summed E-state index contributed by atoms with van der Waals surface area (Å²) < 4.78 is 10.8. The fourth-order valence-electron chi connectivity index (χ4n) is 0.929. The van der Waals surface area contributed by atoms with Gasteiger partial charge in [-0.3, -0.25) is 0 Å². The first-order valence-electron chi connectivity index (χ1n) is 4.24. The SMILES string of the molecule is CCCCOC[C@@H]1OCCS1. The van der Waals surface area contributed by atoms with Crippen LogP contribution < -0.4 is 0 Å². The molecule has 0 radical (unpaired) electrons. The third-order valence-electron chi connectivity index (χ3n) is 1.59. The summed E-state index contributed by atoms with van der Waals surface area (Å²) in [5.41, 5.74) is 0.312. The van der Waals surface area contributed by atoms with E-state index in [0.29, 0.717) is 5.44 Å². The zero-order chi connectivity index (χ0) is 7.94. The van der Waals surface area contributed by atoms with Crippen molar-refractivity contribution in [2.24, 2.45) is 0 Å². The second-order valence-electron chi connectivity index (χ2n) is 2.60. The first kappa shape index (κ1) is 9.36. The normalized spacial score (nSPS) is 24.3. The Bertz CT molecular complexity index is 92.1. The van der Waals surface area contributed by atoms with E-state index in [1.807, 2.05) is 11.8 Å². The summed E-state index contributed by atoms with van der Waals surface area (Å²) in [5.74, 6) is 1.13. The van der Waals surface area contributed by atoms with Gasteiger partial charge < -0.3 is 9.47 Å². The molecule has 11 heavy (non-hydrogen) atoms. The predicted octanol–water partition coefficient (Wildman–Crippen LogP) is 1.89. The highest BCUT2D eigenvalue weighted by atomic mass is 32.2. The lowest BCUT2D eigenvalue weighted by Gasteiger charge is -2.08. The summed E-state index contributed by atoms with van der Waals surface area (Å²) >= 11 is 1.85. The molecule has 2 nitrogen and oxygen atoms in total. The molecule has 1 heterocycles. The molecule has 3 heteroatoms. The van der Waals surface area contributed by atoms with Crippen molar-refractivity contribution >= 4 is 11.8 Å². The van der Waals surface area contributed by atoms with E-state index in [1.165, 1.54) is 6.42 Å². The van der Waals surface area contributed by atoms with E-state index in [1.54, 1.807) is 0 Å². The molecule has 0 spiro atoms. The van der Waals surface area contributed by atoms with Gasteiger partial charge in [0.2, 0.25) is 0 Å². The van der Waals surface area contributed by atoms with Crippen molar-refractivity contribution < 1.29 is 9.47 Å². The molecule has 0 aromatic rings. The topological polar surface area (TPSA) is 18.5 Å². The Labute approximate surface area is 72.6 Å². The van der Waals surface area contributed by atoms with Crippen LogP contribution in [0.3, 0.4) is 0 Å². The van der Waals surface area contributed by atoms with Gasteiger partial charge in [-0.15, -0.1) is 11.8 Å². The number of ether oxygens (including phenoxy) is 2. The Kier molecular flexibility index (Phi) is 4.99. The van der Waals surface area contributed by atoms with E-state index in [0.717, 1.165) is 32.0 Å². The standard InChI is InChI=1S/C8H16O2S/c1-2-3-4-9-7-8-10-5-6-11-8/h8H,2-7H2,1H3/t8-/m1/s1. The van der Waals surface area contributed by atoms with E-state index in [4.69, 9.17) is 9.47 Å². The summed E-state index contributed by atoms with van der Waals surface area (Å²) in [5, 5.41) is 0. The third-order valence-corrected chi connectivity index (χ3v) is 2.63. The lowest BCUT2D eigenvalue weighted by molar-refractivity contribution is 0.0429. The van der Waals surface area contributed by atoms with Crippen molar-refractivity contribution in [3.05, 3.63) is 0 Å². The van der Waals surface area contributed by atoms with Gasteiger partial charge in [0.25, 0.3) is 0 Å². The van der Waals surface area contributed by atoms with Crippen LogP contribution >= 0.6 is 11.8 Å². The van der Waals surface area contributed by atoms with Crippen LogP contribution in [0.15, 0.2) is 0 Å². The second kappa shape index (κ2) is 5.86. The molecule has 0 saturated carbocycles. The van der Waals surface area contributed by atoms with Gasteiger partial charge in [0.15, 0.2) is 0 Å². The highest BCUT2D eigenvalue weighted by molar-refractivity contribution is 8.00. The smallest absolute Gasteiger partial charge is 0.126 e. The molecule has 0 aliphatic carbocycles. The summed E-state index contributed by atoms with van der Waals surface area (Å²) in [6.07, 6.45) is 2.37. The van der Waals surface area contributed by atoms with Gasteiger partial charge in [0.05, 0.1) is 13.2 Å². The second-order valence-corrected chi connectivity index (χ2v) is 3.87. The van der Waals surface area contributed by atoms with E-state index >= 15 is 0 Å². The van der Waals surface area contributed by atoms with Crippen molar-refractivity contribution in [3.8, 4) is 0 Å². The van der Waals surface area contributed by atoms with Crippen molar-refractivity contribution in [1.29, 1.82) is 0 Å².